The van der Waals surface area contributed by atoms with Crippen molar-refractivity contribution in [3.8, 4) is 0 Å². The molecule has 0 fully saturated rings. The number of rotatable bonds is 3. The Bertz CT molecular complexity index is 596. The molecule has 2 amide bonds. The molecule has 5 nitrogen and oxygen atoms in total. The first-order chi connectivity index (χ1) is 10.2. The Kier molecular flexibility index (Phi) is 6.19. The molecule has 0 saturated carbocycles. The molecule has 0 bridgehead atoms. The van der Waals surface area contributed by atoms with Crippen molar-refractivity contribution in [2.75, 3.05) is 5.32 Å². The Balaban J connectivity index is 0.00000264. The van der Waals surface area contributed by atoms with Gasteiger partial charge >= 0.3 is 0 Å². The van der Waals surface area contributed by atoms with E-state index in [-0.39, 0.29) is 35.7 Å². The number of carbonyl (C=O) groups is 2. The molecule has 0 aliphatic carbocycles. The van der Waals surface area contributed by atoms with Gasteiger partial charge in [-0.1, -0.05) is 32.9 Å². The first-order valence-electron chi connectivity index (χ1n) is 7.67. The Morgan fingerprint density at radius 1 is 1.30 bits per heavy atom. The minimum absolute atomic E-state index is 0. The SMILES string of the molecule is CC(NC(=O)[C@@H](N)C(C)(C)C)c1ccc2c(c1)CCC(=O)N2.Cl. The van der Waals surface area contributed by atoms with E-state index in [0.29, 0.717) is 6.42 Å². The normalized spacial score (nSPS) is 16.5. The average Bonchev–Trinajstić information content (AvgIpc) is 2.44. The first-order valence-corrected chi connectivity index (χ1v) is 7.67. The first kappa shape index (κ1) is 19.5. The lowest BCUT2D eigenvalue weighted by atomic mass is 9.86. The van der Waals surface area contributed by atoms with Crippen LogP contribution in [0.5, 0.6) is 0 Å². The van der Waals surface area contributed by atoms with Gasteiger partial charge in [-0.2, -0.15) is 0 Å². The van der Waals surface area contributed by atoms with E-state index in [2.05, 4.69) is 10.6 Å². The van der Waals surface area contributed by atoms with Gasteiger partial charge in [0.2, 0.25) is 11.8 Å². The van der Waals surface area contributed by atoms with Gasteiger partial charge in [-0.25, -0.2) is 0 Å². The largest absolute Gasteiger partial charge is 0.348 e. The summed E-state index contributed by atoms with van der Waals surface area (Å²) in [6.07, 6.45) is 1.24. The van der Waals surface area contributed by atoms with E-state index in [0.717, 1.165) is 23.2 Å². The summed E-state index contributed by atoms with van der Waals surface area (Å²) in [5.74, 6) is -0.0937. The molecule has 0 aromatic heterocycles. The summed E-state index contributed by atoms with van der Waals surface area (Å²) in [4.78, 5) is 23.6. The van der Waals surface area contributed by atoms with E-state index < -0.39 is 6.04 Å². The van der Waals surface area contributed by atoms with E-state index in [4.69, 9.17) is 5.73 Å². The lowest BCUT2D eigenvalue weighted by Crippen LogP contribution is -2.49. The second-order valence-corrected chi connectivity index (χ2v) is 7.04. The molecule has 4 N–H and O–H groups in total. The van der Waals surface area contributed by atoms with Crippen LogP contribution < -0.4 is 16.4 Å². The smallest absolute Gasteiger partial charge is 0.237 e. The number of anilines is 1. The molecule has 0 radical (unpaired) electrons. The number of aryl methyl sites for hydroxylation is 1. The van der Waals surface area contributed by atoms with E-state index in [9.17, 15) is 9.59 Å². The molecular formula is C17H26ClN3O2. The van der Waals surface area contributed by atoms with E-state index in [1.54, 1.807) is 0 Å². The third-order valence-electron chi connectivity index (χ3n) is 4.10. The second kappa shape index (κ2) is 7.32. The third kappa shape index (κ3) is 4.69. The van der Waals surface area contributed by atoms with Gasteiger partial charge in [0.25, 0.3) is 0 Å². The van der Waals surface area contributed by atoms with Crippen LogP contribution >= 0.6 is 12.4 Å². The predicted molar refractivity (Wildman–Crippen MR) is 94.6 cm³/mol. The number of nitrogens with one attached hydrogen (secondary N) is 2. The predicted octanol–water partition coefficient (Wildman–Crippen LogP) is 2.54. The number of halogens is 1. The minimum atomic E-state index is -0.549. The van der Waals surface area contributed by atoms with Crippen LogP contribution in [0.2, 0.25) is 0 Å². The number of amides is 2. The molecule has 1 aromatic carbocycles. The van der Waals surface area contributed by atoms with Gasteiger partial charge in [0.05, 0.1) is 12.1 Å². The third-order valence-corrected chi connectivity index (χ3v) is 4.10. The van der Waals surface area contributed by atoms with E-state index in [1.165, 1.54) is 0 Å². The maximum absolute atomic E-state index is 12.2. The van der Waals surface area contributed by atoms with E-state index in [1.807, 2.05) is 45.9 Å². The summed E-state index contributed by atoms with van der Waals surface area (Å²) in [6.45, 7) is 7.78. The molecule has 2 rings (SSSR count). The lowest BCUT2D eigenvalue weighted by molar-refractivity contribution is -0.125. The molecule has 0 saturated heterocycles. The van der Waals surface area contributed by atoms with Crippen LogP contribution in [-0.2, 0) is 16.0 Å². The number of carbonyl (C=O) groups excluding carboxylic acids is 2. The summed E-state index contributed by atoms with van der Waals surface area (Å²) in [5, 5.41) is 5.83. The zero-order chi connectivity index (χ0) is 16.5. The monoisotopic (exact) mass is 339 g/mol. The summed E-state index contributed by atoms with van der Waals surface area (Å²) >= 11 is 0. The fourth-order valence-electron chi connectivity index (χ4n) is 2.45. The van der Waals surface area contributed by atoms with Crippen LogP contribution in [-0.4, -0.2) is 17.9 Å². The van der Waals surface area contributed by atoms with Crippen molar-refractivity contribution in [2.45, 2.75) is 52.6 Å². The highest BCUT2D eigenvalue weighted by Gasteiger charge is 2.28. The molecule has 6 heteroatoms. The minimum Gasteiger partial charge on any atom is -0.348 e. The average molecular weight is 340 g/mol. The zero-order valence-corrected chi connectivity index (χ0v) is 14.9. The van der Waals surface area contributed by atoms with Gasteiger partial charge in [0.15, 0.2) is 0 Å². The molecule has 0 spiro atoms. The number of nitrogens with two attached hydrogens (primary N) is 1. The summed E-state index contributed by atoms with van der Waals surface area (Å²) in [5.41, 5.74) is 8.71. The highest BCUT2D eigenvalue weighted by atomic mass is 35.5. The lowest BCUT2D eigenvalue weighted by Gasteiger charge is -2.28. The highest BCUT2D eigenvalue weighted by molar-refractivity contribution is 5.94. The summed E-state index contributed by atoms with van der Waals surface area (Å²) in [7, 11) is 0. The summed E-state index contributed by atoms with van der Waals surface area (Å²) < 4.78 is 0. The molecule has 1 heterocycles. The Morgan fingerprint density at radius 3 is 2.57 bits per heavy atom. The molecule has 2 atom stereocenters. The second-order valence-electron chi connectivity index (χ2n) is 7.04. The van der Waals surface area contributed by atoms with Gasteiger partial charge in [-0.15, -0.1) is 12.4 Å². The number of hydrogen-bond donors (Lipinski definition) is 3. The standard InChI is InChI=1S/C17H25N3O2.ClH/c1-10(19-16(22)15(18)17(2,3)4)11-5-7-13-12(9-11)6-8-14(21)20-13;/h5,7,9-10,15H,6,8,18H2,1-4H3,(H,19,22)(H,20,21);1H/t10?,15-;/m1./s1. The Hall–Kier alpha value is -1.59. The van der Waals surface area contributed by atoms with Crippen LogP contribution in [0, 0.1) is 5.41 Å². The Morgan fingerprint density at radius 2 is 1.96 bits per heavy atom. The van der Waals surface area contributed by atoms with Crippen LogP contribution in [0.1, 0.15) is 51.3 Å². The van der Waals surface area contributed by atoms with Crippen LogP contribution in [0.25, 0.3) is 0 Å². The highest BCUT2D eigenvalue weighted by Crippen LogP contribution is 2.26. The van der Waals surface area contributed by atoms with Gasteiger partial charge in [0, 0.05) is 12.1 Å². The molecular weight excluding hydrogens is 314 g/mol. The fraction of sp³-hybridized carbons (Fsp3) is 0.529. The number of benzene rings is 1. The van der Waals surface area contributed by atoms with Gasteiger partial charge in [0.1, 0.15) is 0 Å². The van der Waals surface area contributed by atoms with Gasteiger partial charge in [-0.05, 0) is 36.0 Å². The molecule has 1 unspecified atom stereocenters. The Labute approximate surface area is 143 Å². The maximum atomic E-state index is 12.2. The van der Waals surface area contributed by atoms with Crippen LogP contribution in [0.3, 0.4) is 0 Å². The van der Waals surface area contributed by atoms with Crippen molar-refractivity contribution in [1.29, 1.82) is 0 Å². The van der Waals surface area contributed by atoms with Crippen LogP contribution in [0.4, 0.5) is 5.69 Å². The van der Waals surface area contributed by atoms with Crippen molar-refractivity contribution in [3.63, 3.8) is 0 Å². The van der Waals surface area contributed by atoms with Crippen molar-refractivity contribution in [1.82, 2.24) is 5.32 Å². The van der Waals surface area contributed by atoms with Gasteiger partial charge in [-0.3, -0.25) is 9.59 Å². The molecule has 128 valence electrons. The van der Waals surface area contributed by atoms with Crippen molar-refractivity contribution in [3.05, 3.63) is 29.3 Å². The fourth-order valence-corrected chi connectivity index (χ4v) is 2.45. The molecule has 1 aromatic rings. The molecule has 23 heavy (non-hydrogen) atoms. The van der Waals surface area contributed by atoms with Gasteiger partial charge < -0.3 is 16.4 Å². The van der Waals surface area contributed by atoms with Crippen molar-refractivity contribution in [2.24, 2.45) is 11.1 Å². The van der Waals surface area contributed by atoms with Crippen LogP contribution in [0.15, 0.2) is 18.2 Å². The quantitative estimate of drug-likeness (QED) is 0.791. The van der Waals surface area contributed by atoms with E-state index >= 15 is 0 Å². The number of fused-ring (bicyclic) bond motifs is 1. The summed E-state index contributed by atoms with van der Waals surface area (Å²) in [6, 6.07) is 5.20. The zero-order valence-electron chi connectivity index (χ0n) is 14.1. The topological polar surface area (TPSA) is 84.2 Å². The number of hydrogen-bond acceptors (Lipinski definition) is 3. The van der Waals surface area contributed by atoms with Crippen molar-refractivity contribution >= 4 is 29.9 Å². The molecule has 1 aliphatic heterocycles. The maximum Gasteiger partial charge on any atom is 0.237 e. The van der Waals surface area contributed by atoms with Crippen molar-refractivity contribution < 1.29 is 9.59 Å². The molecule has 1 aliphatic rings.